The van der Waals surface area contributed by atoms with Gasteiger partial charge in [0.15, 0.2) is 5.82 Å². The number of nitrogens with zero attached hydrogens (tertiary/aromatic N) is 6. The van der Waals surface area contributed by atoms with E-state index in [0.29, 0.717) is 39.0 Å². The van der Waals surface area contributed by atoms with Gasteiger partial charge < -0.3 is 10.0 Å². The maximum absolute atomic E-state index is 12.0. The Kier molecular flexibility index (Phi) is 4.94. The van der Waals surface area contributed by atoms with E-state index < -0.39 is 0 Å². The van der Waals surface area contributed by atoms with E-state index in [0.717, 1.165) is 25.3 Å². The lowest BCUT2D eigenvalue weighted by Crippen LogP contribution is -2.53. The Bertz CT molecular complexity index is 771. The predicted octanol–water partition coefficient (Wildman–Crippen LogP) is 0.215. The Hall–Kier alpha value is -2.32. The van der Waals surface area contributed by atoms with Gasteiger partial charge in [-0.15, -0.1) is 5.10 Å². The first kappa shape index (κ1) is 17.1. The molecular formula is C18H24N6O2. The first-order valence-electron chi connectivity index (χ1n) is 9.19. The van der Waals surface area contributed by atoms with Gasteiger partial charge in [-0.3, -0.25) is 9.69 Å². The summed E-state index contributed by atoms with van der Waals surface area (Å²) in [4.78, 5) is 16.0. The second kappa shape index (κ2) is 7.51. The lowest BCUT2D eigenvalue weighted by Gasteiger charge is -2.35. The van der Waals surface area contributed by atoms with Crippen LogP contribution in [-0.4, -0.2) is 66.8 Å². The summed E-state index contributed by atoms with van der Waals surface area (Å²) in [7, 11) is 0. The van der Waals surface area contributed by atoms with Crippen molar-refractivity contribution in [2.75, 3.05) is 19.6 Å². The van der Waals surface area contributed by atoms with E-state index in [1.165, 1.54) is 11.1 Å². The van der Waals surface area contributed by atoms with Crippen molar-refractivity contribution in [3.8, 4) is 0 Å². The highest BCUT2D eigenvalue weighted by Crippen LogP contribution is 2.19. The molecule has 8 nitrogen and oxygen atoms in total. The number of aryl methyl sites for hydroxylation is 1. The number of aromatic nitrogens is 4. The van der Waals surface area contributed by atoms with Gasteiger partial charge in [-0.25, -0.2) is 4.68 Å². The van der Waals surface area contributed by atoms with Gasteiger partial charge in [-0.2, -0.15) is 0 Å². The minimum Gasteiger partial charge on any atom is -0.389 e. The van der Waals surface area contributed by atoms with Crippen LogP contribution in [0.4, 0.5) is 0 Å². The fraction of sp³-hybridized carbons (Fsp3) is 0.556. The Labute approximate surface area is 152 Å². The Morgan fingerprint density at radius 3 is 2.85 bits per heavy atom. The molecule has 0 radical (unpaired) electrons. The van der Waals surface area contributed by atoms with Crippen molar-refractivity contribution in [1.82, 2.24) is 30.0 Å². The number of β-amino-alcohol motifs (C(OH)–C–C–N with tert-alkyl or cyclic N) is 1. The van der Waals surface area contributed by atoms with Gasteiger partial charge in [0.2, 0.25) is 5.91 Å². The van der Waals surface area contributed by atoms with E-state index in [4.69, 9.17) is 0 Å². The normalized spacial score (nSPS) is 17.8. The summed E-state index contributed by atoms with van der Waals surface area (Å²) in [6.07, 6.45) is 1.86. The molecule has 2 aliphatic rings. The number of hydrogen-bond donors (Lipinski definition) is 1. The van der Waals surface area contributed by atoms with Crippen LogP contribution in [0, 0.1) is 0 Å². The van der Waals surface area contributed by atoms with Crippen molar-refractivity contribution in [2.45, 2.75) is 45.0 Å². The molecule has 4 rings (SSSR count). The van der Waals surface area contributed by atoms with Crippen LogP contribution < -0.4 is 0 Å². The summed E-state index contributed by atoms with van der Waals surface area (Å²) < 4.78 is 1.80. The molecule has 1 amide bonds. The third-order valence-corrected chi connectivity index (χ3v) is 5.16. The Morgan fingerprint density at radius 1 is 1.23 bits per heavy atom. The summed E-state index contributed by atoms with van der Waals surface area (Å²) in [5.74, 6) is 0.939. The molecule has 0 unspecified atom stereocenters. The number of aliphatic hydroxyl groups excluding tert-OH is 1. The van der Waals surface area contributed by atoms with Crippen molar-refractivity contribution >= 4 is 5.91 Å². The molecule has 8 heteroatoms. The van der Waals surface area contributed by atoms with E-state index in [1.807, 2.05) is 0 Å². The van der Waals surface area contributed by atoms with Gasteiger partial charge in [0, 0.05) is 39.1 Å². The first-order chi connectivity index (χ1) is 12.7. The summed E-state index contributed by atoms with van der Waals surface area (Å²) in [6.45, 7) is 4.19. The standard InChI is InChI=1S/C18H24N6O2/c25-16-11-23(12-16)18(26)6-3-8-24-17(19-20-21-24)13-22-9-7-14-4-1-2-5-15(14)10-22/h1-2,4-5,16,25H,3,6-13H2. The number of benzene rings is 1. The highest BCUT2D eigenvalue weighted by molar-refractivity contribution is 5.77. The molecule has 0 bridgehead atoms. The minimum atomic E-state index is -0.347. The van der Waals surface area contributed by atoms with Crippen molar-refractivity contribution in [2.24, 2.45) is 0 Å². The van der Waals surface area contributed by atoms with Gasteiger partial charge in [-0.05, 0) is 34.4 Å². The third-order valence-electron chi connectivity index (χ3n) is 5.16. The van der Waals surface area contributed by atoms with Crippen molar-refractivity contribution in [3.63, 3.8) is 0 Å². The van der Waals surface area contributed by atoms with Crippen LogP contribution in [0.1, 0.15) is 29.8 Å². The van der Waals surface area contributed by atoms with Crippen LogP contribution in [0.25, 0.3) is 0 Å². The number of hydrogen-bond acceptors (Lipinski definition) is 6. The van der Waals surface area contributed by atoms with Crippen LogP contribution in [0.5, 0.6) is 0 Å². The molecule has 1 aromatic heterocycles. The molecule has 0 aliphatic carbocycles. The molecule has 3 heterocycles. The summed E-state index contributed by atoms with van der Waals surface area (Å²) in [5, 5.41) is 21.3. The predicted molar refractivity (Wildman–Crippen MR) is 93.9 cm³/mol. The quantitative estimate of drug-likeness (QED) is 0.796. The monoisotopic (exact) mass is 356 g/mol. The van der Waals surface area contributed by atoms with Gasteiger partial charge in [0.1, 0.15) is 0 Å². The average Bonchev–Trinajstić information content (AvgIpc) is 3.06. The highest BCUT2D eigenvalue weighted by Gasteiger charge is 2.28. The molecule has 0 atom stereocenters. The van der Waals surface area contributed by atoms with Crippen LogP contribution in [-0.2, 0) is 30.8 Å². The van der Waals surface area contributed by atoms with Gasteiger partial charge in [0.05, 0.1) is 12.6 Å². The van der Waals surface area contributed by atoms with Crippen LogP contribution in [0.2, 0.25) is 0 Å². The number of fused-ring (bicyclic) bond motifs is 1. The van der Waals surface area contributed by atoms with E-state index in [1.54, 1.807) is 9.58 Å². The number of amides is 1. The van der Waals surface area contributed by atoms with Crippen LogP contribution in [0.3, 0.4) is 0 Å². The third kappa shape index (κ3) is 3.76. The molecule has 26 heavy (non-hydrogen) atoms. The number of likely N-dealkylation sites (tertiary alicyclic amines) is 1. The maximum Gasteiger partial charge on any atom is 0.222 e. The molecule has 0 saturated carbocycles. The largest absolute Gasteiger partial charge is 0.389 e. The van der Waals surface area contributed by atoms with Crippen LogP contribution >= 0.6 is 0 Å². The van der Waals surface area contributed by atoms with Crippen molar-refractivity contribution in [1.29, 1.82) is 0 Å². The maximum atomic E-state index is 12.0. The van der Waals surface area contributed by atoms with E-state index in [9.17, 15) is 9.90 Å². The number of rotatable bonds is 6. The average molecular weight is 356 g/mol. The Balaban J connectivity index is 1.28. The van der Waals surface area contributed by atoms with Gasteiger partial charge in [-0.1, -0.05) is 24.3 Å². The Morgan fingerprint density at radius 2 is 2.04 bits per heavy atom. The van der Waals surface area contributed by atoms with Crippen molar-refractivity contribution < 1.29 is 9.90 Å². The molecular weight excluding hydrogens is 332 g/mol. The summed E-state index contributed by atoms with van der Waals surface area (Å²) >= 11 is 0. The van der Waals surface area contributed by atoms with E-state index >= 15 is 0 Å². The fourth-order valence-corrected chi connectivity index (χ4v) is 3.60. The zero-order chi connectivity index (χ0) is 17.9. The second-order valence-corrected chi connectivity index (χ2v) is 7.10. The summed E-state index contributed by atoms with van der Waals surface area (Å²) in [5.41, 5.74) is 2.80. The SMILES string of the molecule is O=C(CCCn1nnnc1CN1CCc2ccccc2C1)N1CC(O)C1. The first-order valence-corrected chi connectivity index (χ1v) is 9.19. The topological polar surface area (TPSA) is 87.4 Å². The smallest absolute Gasteiger partial charge is 0.222 e. The molecule has 1 aromatic carbocycles. The van der Waals surface area contributed by atoms with E-state index in [-0.39, 0.29) is 12.0 Å². The molecule has 1 fully saturated rings. The minimum absolute atomic E-state index is 0.0950. The van der Waals surface area contributed by atoms with E-state index in [2.05, 4.69) is 44.7 Å². The highest BCUT2D eigenvalue weighted by atomic mass is 16.3. The molecule has 2 aromatic rings. The fourth-order valence-electron chi connectivity index (χ4n) is 3.60. The van der Waals surface area contributed by atoms with Gasteiger partial charge >= 0.3 is 0 Å². The molecule has 0 spiro atoms. The number of carbonyl (C=O) groups excluding carboxylic acids is 1. The number of carbonyl (C=O) groups is 1. The molecule has 138 valence electrons. The molecule has 2 aliphatic heterocycles. The second-order valence-electron chi connectivity index (χ2n) is 7.10. The number of tetrazole rings is 1. The zero-order valence-electron chi connectivity index (χ0n) is 14.8. The number of aliphatic hydroxyl groups is 1. The zero-order valence-corrected chi connectivity index (χ0v) is 14.8. The van der Waals surface area contributed by atoms with Crippen molar-refractivity contribution in [3.05, 3.63) is 41.2 Å². The summed E-state index contributed by atoms with van der Waals surface area (Å²) in [6, 6.07) is 8.56. The molecule has 1 saturated heterocycles. The lowest BCUT2D eigenvalue weighted by atomic mass is 10.00. The van der Waals surface area contributed by atoms with Crippen LogP contribution in [0.15, 0.2) is 24.3 Å². The van der Waals surface area contributed by atoms with Gasteiger partial charge in [0.25, 0.3) is 0 Å². The lowest BCUT2D eigenvalue weighted by molar-refractivity contribution is -0.141. The molecule has 1 N–H and O–H groups in total.